The molecule has 168 valence electrons. The first-order valence-electron chi connectivity index (χ1n) is 11.1. The van der Waals surface area contributed by atoms with Crippen molar-refractivity contribution < 1.29 is 19.2 Å². The van der Waals surface area contributed by atoms with Gasteiger partial charge in [-0.1, -0.05) is 26.0 Å². The third-order valence-electron chi connectivity index (χ3n) is 7.52. The largest absolute Gasteiger partial charge is 0.356 e. The van der Waals surface area contributed by atoms with Crippen molar-refractivity contribution >= 4 is 35.0 Å². The van der Waals surface area contributed by atoms with E-state index in [2.05, 4.69) is 34.4 Å². The van der Waals surface area contributed by atoms with Crippen molar-refractivity contribution in [3.8, 4) is 0 Å². The van der Waals surface area contributed by atoms with Gasteiger partial charge in [-0.05, 0) is 42.2 Å². The van der Waals surface area contributed by atoms with E-state index in [1.165, 1.54) is 0 Å². The molecule has 3 fully saturated rings. The van der Waals surface area contributed by atoms with Crippen LogP contribution in [0.25, 0.3) is 11.0 Å². The predicted molar refractivity (Wildman–Crippen MR) is 115 cm³/mol. The van der Waals surface area contributed by atoms with Gasteiger partial charge in [0.05, 0.1) is 17.1 Å². The molecular weight excluding hydrogens is 410 g/mol. The summed E-state index contributed by atoms with van der Waals surface area (Å²) >= 11 is 0. The lowest BCUT2D eigenvalue weighted by molar-refractivity contribution is -0.129. The zero-order chi connectivity index (χ0) is 22.6. The third kappa shape index (κ3) is 3.27. The molecule has 32 heavy (non-hydrogen) atoms. The van der Waals surface area contributed by atoms with Gasteiger partial charge in [-0.25, -0.2) is 4.98 Å². The molecule has 0 unspecified atom stereocenters. The van der Waals surface area contributed by atoms with Crippen LogP contribution in [-0.4, -0.2) is 64.0 Å². The van der Waals surface area contributed by atoms with Crippen LogP contribution in [0.2, 0.25) is 0 Å². The first-order valence-corrected chi connectivity index (χ1v) is 11.1. The molecule has 9 nitrogen and oxygen atoms in total. The third-order valence-corrected chi connectivity index (χ3v) is 7.52. The Hall–Kier alpha value is -3.23. The minimum absolute atomic E-state index is 0.0258. The number of carbonyl (C=O) groups excluding carboxylic acids is 4. The van der Waals surface area contributed by atoms with Crippen molar-refractivity contribution in [1.82, 2.24) is 25.5 Å². The number of piperidine rings is 1. The summed E-state index contributed by atoms with van der Waals surface area (Å²) in [5.41, 5.74) is 1.41. The Morgan fingerprint density at radius 3 is 2.81 bits per heavy atom. The van der Waals surface area contributed by atoms with Crippen LogP contribution in [0.5, 0.6) is 0 Å². The van der Waals surface area contributed by atoms with Crippen LogP contribution < -0.4 is 10.6 Å². The number of hydrogen-bond acceptors (Lipinski definition) is 5. The summed E-state index contributed by atoms with van der Waals surface area (Å²) < 4.78 is 0. The number of aldehydes is 1. The number of imidazole rings is 1. The van der Waals surface area contributed by atoms with Gasteiger partial charge in [-0.15, -0.1) is 0 Å². The molecule has 0 spiro atoms. The van der Waals surface area contributed by atoms with Crippen LogP contribution in [0.15, 0.2) is 24.3 Å². The molecule has 3 aliphatic rings. The van der Waals surface area contributed by atoms with Crippen LogP contribution in [0.1, 0.15) is 37.3 Å². The fourth-order valence-corrected chi connectivity index (χ4v) is 5.58. The number of amides is 3. The summed E-state index contributed by atoms with van der Waals surface area (Å²) in [6.45, 7) is 5.27. The van der Waals surface area contributed by atoms with Crippen molar-refractivity contribution in [3.05, 3.63) is 30.1 Å². The maximum atomic E-state index is 13.3. The number of aromatic nitrogens is 2. The van der Waals surface area contributed by atoms with Crippen LogP contribution in [0.4, 0.5) is 0 Å². The molecule has 3 N–H and O–H groups in total. The Morgan fingerprint density at radius 2 is 2.12 bits per heavy atom. The second-order valence-corrected chi connectivity index (χ2v) is 9.72. The zero-order valence-electron chi connectivity index (χ0n) is 18.1. The van der Waals surface area contributed by atoms with Crippen molar-refractivity contribution in [2.45, 2.75) is 38.8 Å². The molecule has 9 heteroatoms. The second kappa shape index (κ2) is 7.43. The predicted octanol–water partition coefficient (Wildman–Crippen LogP) is 0.869. The molecule has 0 bridgehead atoms. The first-order chi connectivity index (χ1) is 15.3. The Balaban J connectivity index is 1.35. The first kappa shape index (κ1) is 20.7. The fraction of sp³-hybridized carbons (Fsp3) is 0.522. The van der Waals surface area contributed by atoms with Crippen LogP contribution in [-0.2, 0) is 14.4 Å². The highest BCUT2D eigenvalue weighted by atomic mass is 16.2. The molecule has 5 rings (SSSR count). The minimum Gasteiger partial charge on any atom is -0.356 e. The van der Waals surface area contributed by atoms with Crippen molar-refractivity contribution in [2.75, 3.05) is 13.1 Å². The molecule has 2 aliphatic heterocycles. The van der Waals surface area contributed by atoms with E-state index in [1.54, 1.807) is 4.90 Å². The van der Waals surface area contributed by atoms with Gasteiger partial charge in [-0.2, -0.15) is 0 Å². The molecule has 1 aromatic carbocycles. The van der Waals surface area contributed by atoms with Gasteiger partial charge in [-0.3, -0.25) is 14.4 Å². The Kier molecular flexibility index (Phi) is 4.79. The number of aromatic amines is 1. The smallest absolute Gasteiger partial charge is 0.290 e. The summed E-state index contributed by atoms with van der Waals surface area (Å²) in [5.74, 6) is -0.577. The number of rotatable bonds is 6. The van der Waals surface area contributed by atoms with E-state index in [9.17, 15) is 19.2 Å². The number of benzene rings is 1. The topological polar surface area (TPSA) is 124 Å². The van der Waals surface area contributed by atoms with E-state index in [1.807, 2.05) is 24.3 Å². The molecule has 5 atom stereocenters. The number of nitrogens with zero attached hydrogens (tertiary/aromatic N) is 2. The highest BCUT2D eigenvalue weighted by Gasteiger charge is 2.69. The number of nitrogens with one attached hydrogen (secondary N) is 3. The molecule has 3 amide bonds. The minimum atomic E-state index is -0.764. The SMILES string of the molecule is CC1(C)[C@@H]2[C@@H](C(=O)N[C@H](C=O)C[C@@H]3CCNC3=O)N(C(=O)c3nc4ccccc4[nH]3)C[C@@H]21. The van der Waals surface area contributed by atoms with Gasteiger partial charge in [0.1, 0.15) is 12.3 Å². The maximum absolute atomic E-state index is 13.3. The van der Waals surface area contributed by atoms with Gasteiger partial charge >= 0.3 is 0 Å². The average Bonchev–Trinajstić information content (AvgIpc) is 3.29. The quantitative estimate of drug-likeness (QED) is 0.579. The van der Waals surface area contributed by atoms with E-state index >= 15 is 0 Å². The number of hydrogen-bond donors (Lipinski definition) is 3. The standard InChI is InChI=1S/C23H27N5O4/c1-23(2)14-10-28(22(32)19-26-15-5-3-4-6-16(15)27-19)18(17(14)23)21(31)25-13(11-29)9-12-7-8-24-20(12)30/h3-6,11-14,17-18H,7-10H2,1-2H3,(H,24,30)(H,25,31)(H,26,27)/t12-,13-,14-,17-,18-/m0/s1. The van der Waals surface area contributed by atoms with Crippen LogP contribution in [0.3, 0.4) is 0 Å². The summed E-state index contributed by atoms with van der Waals surface area (Å²) in [7, 11) is 0. The summed E-state index contributed by atoms with van der Waals surface area (Å²) in [4.78, 5) is 59.2. The van der Waals surface area contributed by atoms with E-state index in [4.69, 9.17) is 0 Å². The number of likely N-dealkylation sites (tertiary alicyclic amines) is 1. The van der Waals surface area contributed by atoms with E-state index in [0.29, 0.717) is 31.3 Å². The molecule has 1 aromatic heterocycles. The highest BCUT2D eigenvalue weighted by molar-refractivity contribution is 5.98. The number of para-hydroxylation sites is 2. The summed E-state index contributed by atoms with van der Waals surface area (Å²) in [6.07, 6.45) is 1.60. The lowest BCUT2D eigenvalue weighted by Crippen LogP contribution is -2.52. The van der Waals surface area contributed by atoms with Crippen molar-refractivity contribution in [3.63, 3.8) is 0 Å². The Morgan fingerprint density at radius 1 is 1.34 bits per heavy atom. The van der Waals surface area contributed by atoms with Gasteiger partial charge in [0.2, 0.25) is 11.8 Å². The van der Waals surface area contributed by atoms with E-state index < -0.39 is 12.1 Å². The zero-order valence-corrected chi connectivity index (χ0v) is 18.1. The molecule has 0 radical (unpaired) electrons. The summed E-state index contributed by atoms with van der Waals surface area (Å²) in [5, 5.41) is 5.55. The molecule has 1 saturated carbocycles. The number of fused-ring (bicyclic) bond motifs is 2. The van der Waals surface area contributed by atoms with Gasteiger partial charge in [0, 0.05) is 19.0 Å². The van der Waals surface area contributed by atoms with Crippen molar-refractivity contribution in [2.24, 2.45) is 23.2 Å². The van der Waals surface area contributed by atoms with Crippen molar-refractivity contribution in [1.29, 1.82) is 0 Å². The van der Waals surface area contributed by atoms with E-state index in [0.717, 1.165) is 5.52 Å². The maximum Gasteiger partial charge on any atom is 0.290 e. The van der Waals surface area contributed by atoms with Gasteiger partial charge in [0.15, 0.2) is 5.82 Å². The lowest BCUT2D eigenvalue weighted by atomic mass is 9.97. The van der Waals surface area contributed by atoms with Crippen LogP contribution in [0, 0.1) is 23.2 Å². The molecule has 2 aromatic rings. The normalized spacial score (nSPS) is 28.8. The average molecular weight is 438 g/mol. The van der Waals surface area contributed by atoms with Gasteiger partial charge < -0.3 is 25.3 Å². The molecule has 2 saturated heterocycles. The highest BCUT2D eigenvalue weighted by Crippen LogP contribution is 2.65. The number of H-pyrrole nitrogens is 1. The molecular formula is C23H27N5O4. The Labute approximate surface area is 185 Å². The van der Waals surface area contributed by atoms with Crippen LogP contribution >= 0.6 is 0 Å². The second-order valence-electron chi connectivity index (χ2n) is 9.72. The van der Waals surface area contributed by atoms with E-state index in [-0.39, 0.29) is 53.1 Å². The Bertz CT molecular complexity index is 1080. The molecule has 3 heterocycles. The monoisotopic (exact) mass is 437 g/mol. The lowest BCUT2D eigenvalue weighted by Gasteiger charge is -2.30. The van der Waals surface area contributed by atoms with Gasteiger partial charge in [0.25, 0.3) is 5.91 Å². The fourth-order valence-electron chi connectivity index (χ4n) is 5.58. The number of carbonyl (C=O) groups is 4. The summed E-state index contributed by atoms with van der Waals surface area (Å²) in [6, 6.07) is 5.96. The molecule has 1 aliphatic carbocycles.